The van der Waals surface area contributed by atoms with E-state index >= 15 is 0 Å². The van der Waals surface area contributed by atoms with Gasteiger partial charge in [-0.05, 0) is 48.8 Å². The molecule has 1 saturated carbocycles. The van der Waals surface area contributed by atoms with Crippen molar-refractivity contribution in [1.29, 1.82) is 0 Å². The topological polar surface area (TPSA) is 84.0 Å². The number of carbonyl (C=O) groups excluding carboxylic acids is 2. The van der Waals surface area contributed by atoms with Gasteiger partial charge in [-0.1, -0.05) is 30.3 Å². The highest BCUT2D eigenvalue weighted by Gasteiger charge is 2.59. The van der Waals surface area contributed by atoms with Crippen LogP contribution in [0.4, 0.5) is 13.2 Å². The second-order valence-corrected chi connectivity index (χ2v) is 12.5. The molecule has 11 heteroatoms. The molecule has 8 nitrogen and oxygen atoms in total. The fourth-order valence-corrected chi connectivity index (χ4v) is 7.58. The number of aromatic nitrogens is 1. The van der Waals surface area contributed by atoms with Gasteiger partial charge in [0, 0.05) is 76.7 Å². The third kappa shape index (κ3) is 6.17. The zero-order valence-electron chi connectivity index (χ0n) is 24.4. The molecule has 1 aromatic heterocycles. The van der Waals surface area contributed by atoms with Gasteiger partial charge in [0.15, 0.2) is 0 Å². The van der Waals surface area contributed by atoms with Crippen LogP contribution in [-0.4, -0.2) is 84.7 Å². The maximum atomic E-state index is 14.5. The van der Waals surface area contributed by atoms with Crippen molar-refractivity contribution in [3.63, 3.8) is 0 Å². The molecule has 2 amide bonds. The van der Waals surface area contributed by atoms with Crippen molar-refractivity contribution in [2.75, 3.05) is 40.0 Å². The number of methoxy groups -OCH3 is 1. The first-order valence-corrected chi connectivity index (χ1v) is 15.2. The lowest BCUT2D eigenvalue weighted by molar-refractivity contribution is -0.144. The Kier molecular flexibility index (Phi) is 8.50. The van der Waals surface area contributed by atoms with Gasteiger partial charge in [0.05, 0.1) is 23.7 Å². The summed E-state index contributed by atoms with van der Waals surface area (Å²) in [5, 5.41) is 3.75. The van der Waals surface area contributed by atoms with E-state index in [0.29, 0.717) is 69.8 Å². The van der Waals surface area contributed by atoms with Gasteiger partial charge in [-0.25, -0.2) is 0 Å². The number of benzene rings is 1. The molecular weight excluding hydrogens is 561 g/mol. The molecule has 1 aromatic carbocycles. The molecule has 6 rings (SSSR count). The molecule has 0 bridgehead atoms. The zero-order chi connectivity index (χ0) is 30.2. The number of fused-ring (bicyclic) bond motifs is 2. The average molecular weight is 601 g/mol. The Hall–Kier alpha value is -3.02. The smallest absolute Gasteiger partial charge is 0.379 e. The standard InChI is InChI=1S/C32H39F3N4O4/c1-42-28-19-43-12-10-27(28)37-25-14-24-18-39(29(40)8-7-21-5-3-2-4-6-21)20-31(24,15-25)30(41)38-11-9-26-22(17-38)13-23(16-36-26)32(33,34)35/h2-6,13,16,24-25,27-28,37H,7-12,14-15,17-20H2,1H3/t24-,25+,27-,28+,31-/m0/s1. The highest BCUT2D eigenvalue weighted by atomic mass is 19.4. The first-order chi connectivity index (χ1) is 20.7. The first-order valence-electron chi connectivity index (χ1n) is 15.2. The van der Waals surface area contributed by atoms with Crippen LogP contribution in [0.5, 0.6) is 0 Å². The minimum atomic E-state index is -4.50. The fourth-order valence-electron chi connectivity index (χ4n) is 7.58. The minimum Gasteiger partial charge on any atom is -0.379 e. The van der Waals surface area contributed by atoms with Crippen LogP contribution in [0.15, 0.2) is 42.6 Å². The SMILES string of the molecule is CO[C@@H]1COCC[C@@H]1N[C@@H]1C[C@H]2CN(C(=O)CCc3ccccc3)C[C@@]2(C(=O)N2CCc3ncc(C(F)(F)F)cc3C2)C1. The van der Waals surface area contributed by atoms with Crippen molar-refractivity contribution in [2.24, 2.45) is 11.3 Å². The van der Waals surface area contributed by atoms with Crippen LogP contribution < -0.4 is 5.32 Å². The fraction of sp³-hybridized carbons (Fsp3) is 0.594. The van der Waals surface area contributed by atoms with Gasteiger partial charge in [0.1, 0.15) is 0 Å². The average Bonchev–Trinajstić information content (AvgIpc) is 3.54. The van der Waals surface area contributed by atoms with E-state index in [4.69, 9.17) is 9.47 Å². The maximum Gasteiger partial charge on any atom is 0.417 e. The van der Waals surface area contributed by atoms with E-state index in [9.17, 15) is 22.8 Å². The van der Waals surface area contributed by atoms with E-state index in [2.05, 4.69) is 10.3 Å². The molecule has 43 heavy (non-hydrogen) atoms. The number of nitrogens with zero attached hydrogens (tertiary/aromatic N) is 3. The summed E-state index contributed by atoms with van der Waals surface area (Å²) in [5.74, 6) is -0.0830. The molecule has 232 valence electrons. The Balaban J connectivity index is 1.21. The van der Waals surface area contributed by atoms with Crippen LogP contribution in [-0.2, 0) is 44.6 Å². The van der Waals surface area contributed by atoms with Crippen molar-refractivity contribution in [1.82, 2.24) is 20.1 Å². The molecule has 1 aliphatic carbocycles. The van der Waals surface area contributed by atoms with E-state index in [1.54, 1.807) is 12.0 Å². The Bertz CT molecular complexity index is 1330. The molecule has 2 saturated heterocycles. The second kappa shape index (κ2) is 12.2. The molecule has 0 unspecified atom stereocenters. The normalized spacial score (nSPS) is 28.9. The van der Waals surface area contributed by atoms with Crippen molar-refractivity contribution < 1.29 is 32.2 Å². The number of pyridine rings is 1. The molecular formula is C32H39F3N4O4. The van der Waals surface area contributed by atoms with Crippen LogP contribution in [0.25, 0.3) is 0 Å². The number of halogens is 3. The number of nitrogens with one attached hydrogen (secondary N) is 1. The number of carbonyl (C=O) groups is 2. The molecule has 2 aromatic rings. The first kappa shape index (κ1) is 30.0. The monoisotopic (exact) mass is 600 g/mol. The lowest BCUT2D eigenvalue weighted by Crippen LogP contribution is -2.52. The Labute approximate surface area is 249 Å². The molecule has 5 atom stereocenters. The quantitative estimate of drug-likeness (QED) is 0.523. The summed E-state index contributed by atoms with van der Waals surface area (Å²) in [4.78, 5) is 35.5. The maximum absolute atomic E-state index is 14.5. The van der Waals surface area contributed by atoms with Crippen molar-refractivity contribution in [3.8, 4) is 0 Å². The van der Waals surface area contributed by atoms with Crippen molar-refractivity contribution in [3.05, 3.63) is 65.0 Å². The van der Waals surface area contributed by atoms with E-state index in [1.165, 1.54) is 0 Å². The molecule has 0 spiro atoms. The summed E-state index contributed by atoms with van der Waals surface area (Å²) >= 11 is 0. The van der Waals surface area contributed by atoms with Crippen LogP contribution in [0, 0.1) is 11.3 Å². The third-order valence-corrected chi connectivity index (χ3v) is 9.83. The number of ether oxygens (including phenoxy) is 2. The number of hydrogen-bond acceptors (Lipinski definition) is 6. The van der Waals surface area contributed by atoms with Gasteiger partial charge in [-0.15, -0.1) is 0 Å². The molecule has 3 fully saturated rings. The van der Waals surface area contributed by atoms with Gasteiger partial charge < -0.3 is 24.6 Å². The summed E-state index contributed by atoms with van der Waals surface area (Å²) in [6, 6.07) is 11.2. The molecule has 4 heterocycles. The Morgan fingerprint density at radius 2 is 2.02 bits per heavy atom. The molecule has 3 aliphatic heterocycles. The van der Waals surface area contributed by atoms with Crippen LogP contribution in [0.1, 0.15) is 48.1 Å². The number of amides is 2. The van der Waals surface area contributed by atoms with E-state index in [1.807, 2.05) is 35.2 Å². The van der Waals surface area contributed by atoms with Crippen LogP contribution in [0.2, 0.25) is 0 Å². The van der Waals surface area contributed by atoms with E-state index in [-0.39, 0.29) is 42.5 Å². The number of likely N-dealkylation sites (tertiary alicyclic amines) is 1. The minimum absolute atomic E-state index is 0.0295. The van der Waals surface area contributed by atoms with Crippen LogP contribution >= 0.6 is 0 Å². The van der Waals surface area contributed by atoms with Gasteiger partial charge in [0.2, 0.25) is 11.8 Å². The van der Waals surface area contributed by atoms with E-state index in [0.717, 1.165) is 30.7 Å². The predicted octanol–water partition coefficient (Wildman–Crippen LogP) is 3.62. The van der Waals surface area contributed by atoms with Gasteiger partial charge in [-0.2, -0.15) is 13.2 Å². The summed E-state index contributed by atoms with van der Waals surface area (Å²) in [6.45, 7) is 2.47. The summed E-state index contributed by atoms with van der Waals surface area (Å²) < 4.78 is 51.5. The Morgan fingerprint density at radius 1 is 1.21 bits per heavy atom. The highest BCUT2D eigenvalue weighted by molar-refractivity contribution is 5.87. The van der Waals surface area contributed by atoms with Gasteiger partial charge in [-0.3, -0.25) is 14.6 Å². The lowest BCUT2D eigenvalue weighted by Gasteiger charge is -2.37. The number of rotatable bonds is 7. The van der Waals surface area contributed by atoms with E-state index < -0.39 is 17.2 Å². The third-order valence-electron chi connectivity index (χ3n) is 9.83. The second-order valence-electron chi connectivity index (χ2n) is 12.5. The van der Waals surface area contributed by atoms with Crippen molar-refractivity contribution in [2.45, 2.75) is 69.4 Å². The number of aryl methyl sites for hydroxylation is 1. The summed E-state index contributed by atoms with van der Waals surface area (Å²) in [7, 11) is 1.68. The van der Waals surface area contributed by atoms with Gasteiger partial charge >= 0.3 is 6.18 Å². The largest absolute Gasteiger partial charge is 0.417 e. The Morgan fingerprint density at radius 3 is 2.79 bits per heavy atom. The van der Waals surface area contributed by atoms with Crippen LogP contribution in [0.3, 0.4) is 0 Å². The number of alkyl halides is 3. The lowest BCUT2D eigenvalue weighted by atomic mass is 9.78. The summed E-state index contributed by atoms with van der Waals surface area (Å²) in [5.41, 5.74) is 0.538. The zero-order valence-corrected chi connectivity index (χ0v) is 24.4. The van der Waals surface area contributed by atoms with Crippen molar-refractivity contribution >= 4 is 11.8 Å². The number of hydrogen-bond donors (Lipinski definition) is 1. The highest BCUT2D eigenvalue weighted by Crippen LogP contribution is 2.51. The molecule has 1 N–H and O–H groups in total. The van der Waals surface area contributed by atoms with Gasteiger partial charge in [0.25, 0.3) is 0 Å². The summed E-state index contributed by atoms with van der Waals surface area (Å²) in [6.07, 6.45) is -0.193. The molecule has 0 radical (unpaired) electrons. The predicted molar refractivity (Wildman–Crippen MR) is 152 cm³/mol. The molecule has 4 aliphatic rings.